The van der Waals surface area contributed by atoms with Gasteiger partial charge in [-0.25, -0.2) is 15.0 Å². The molecule has 4 aromatic carbocycles. The standard InChI is InChI=1S/C51H55N9O5/c61-35-20-26-57(27-21-35)45(32-10-3-1-4-11-32)50(63)59-24-8-16-41(59)47-53-38-19-18-34(30-40(38)55-47)43-31-52-49(65-43)37-14-7-15-39-44(37)56-48(54-39)42-17-9-25-60(42)51(64)46(33-12-5-2-6-13-33)58-28-22-36(62)23-29-58/h1-7,10-15,18-19,30-31,35-36,41-42,45-46,61-62H,8-9,16-17,20-29H2,(H,53,55)(H,54,56)/t41?,42-,45-,46?/m0/s1. The van der Waals surface area contributed by atoms with Crippen LogP contribution in [0, 0.1) is 0 Å². The first kappa shape index (κ1) is 41.5. The highest BCUT2D eigenvalue weighted by molar-refractivity contribution is 5.91. The van der Waals surface area contributed by atoms with Gasteiger partial charge in [-0.2, -0.15) is 0 Å². The Morgan fingerprint density at radius 1 is 0.615 bits per heavy atom. The van der Waals surface area contributed by atoms with Gasteiger partial charge in [-0.15, -0.1) is 0 Å². The minimum absolute atomic E-state index is 0.0648. The van der Waals surface area contributed by atoms with Crippen molar-refractivity contribution in [2.45, 2.75) is 87.7 Å². The zero-order chi connectivity index (χ0) is 44.0. The summed E-state index contributed by atoms with van der Waals surface area (Å²) >= 11 is 0. The number of para-hydroxylation sites is 1. The minimum Gasteiger partial charge on any atom is -0.436 e. The molecular weight excluding hydrogens is 819 g/mol. The van der Waals surface area contributed by atoms with Gasteiger partial charge in [0.2, 0.25) is 17.7 Å². The number of carbonyl (C=O) groups excluding carboxylic acids is 2. The SMILES string of the molecule is O=C([C@H](c1ccccc1)N1CCC(O)CC1)N1CCCC1c1nc2cc(-c3cnc(-c4cccc5[nH]c([C@@H]6CCCN6C(=O)C(c6ccccc6)N6CCC(O)CC6)nc45)o3)ccc2[nH]1. The number of hydrogen-bond acceptors (Lipinski definition) is 10. The van der Waals surface area contributed by atoms with E-state index in [2.05, 4.69) is 19.8 Å². The van der Waals surface area contributed by atoms with Crippen LogP contribution < -0.4 is 0 Å². The normalized spacial score (nSPS) is 21.4. The van der Waals surface area contributed by atoms with Gasteiger partial charge in [0, 0.05) is 44.8 Å². The second-order valence-electron chi connectivity index (χ2n) is 18.2. The van der Waals surface area contributed by atoms with Crippen molar-refractivity contribution in [2.24, 2.45) is 0 Å². The van der Waals surface area contributed by atoms with Crippen molar-refractivity contribution in [3.63, 3.8) is 0 Å². The van der Waals surface area contributed by atoms with Crippen LogP contribution in [-0.4, -0.2) is 118 Å². The fraction of sp³-hybridized carbons (Fsp3) is 0.392. The summed E-state index contributed by atoms with van der Waals surface area (Å²) in [5.41, 5.74) is 6.76. The maximum atomic E-state index is 14.6. The van der Waals surface area contributed by atoms with Crippen molar-refractivity contribution >= 4 is 33.9 Å². The van der Waals surface area contributed by atoms with E-state index in [1.165, 1.54) is 0 Å². The molecule has 0 bridgehead atoms. The first-order chi connectivity index (χ1) is 31.9. The summed E-state index contributed by atoms with van der Waals surface area (Å²) in [7, 11) is 0. The lowest BCUT2D eigenvalue weighted by Gasteiger charge is -2.38. The summed E-state index contributed by atoms with van der Waals surface area (Å²) in [6, 6.07) is 30.7. The van der Waals surface area contributed by atoms with Gasteiger partial charge >= 0.3 is 0 Å². The Kier molecular flexibility index (Phi) is 11.3. The molecule has 0 radical (unpaired) electrons. The predicted molar refractivity (Wildman–Crippen MR) is 246 cm³/mol. The van der Waals surface area contributed by atoms with Gasteiger partial charge in [-0.1, -0.05) is 66.7 Å². The Hall–Kier alpha value is -6.19. The van der Waals surface area contributed by atoms with E-state index in [9.17, 15) is 19.8 Å². The third-order valence-electron chi connectivity index (χ3n) is 14.2. The second-order valence-corrected chi connectivity index (χ2v) is 18.2. The Bertz CT molecular complexity index is 2790. The van der Waals surface area contributed by atoms with Crippen LogP contribution in [0.15, 0.2) is 108 Å². The van der Waals surface area contributed by atoms with Crippen molar-refractivity contribution in [1.29, 1.82) is 0 Å². The molecule has 4 saturated heterocycles. The van der Waals surface area contributed by atoms with Crippen LogP contribution in [0.4, 0.5) is 0 Å². The number of likely N-dealkylation sites (tertiary alicyclic amines) is 4. The lowest BCUT2D eigenvalue weighted by Crippen LogP contribution is -2.46. The fourth-order valence-corrected chi connectivity index (χ4v) is 10.8. The molecule has 4 N–H and O–H groups in total. The zero-order valence-corrected chi connectivity index (χ0v) is 36.4. The number of benzene rings is 4. The van der Waals surface area contributed by atoms with Gasteiger partial charge in [0.1, 0.15) is 29.2 Å². The molecule has 4 aliphatic rings. The Morgan fingerprint density at radius 2 is 1.17 bits per heavy atom. The van der Waals surface area contributed by atoms with Crippen LogP contribution in [0.5, 0.6) is 0 Å². The van der Waals surface area contributed by atoms with E-state index < -0.39 is 12.1 Å². The number of nitrogens with one attached hydrogen (secondary N) is 2. The molecule has 0 aliphatic carbocycles. The van der Waals surface area contributed by atoms with Gasteiger partial charge in [0.25, 0.3) is 0 Å². The van der Waals surface area contributed by atoms with E-state index in [4.69, 9.17) is 19.4 Å². The van der Waals surface area contributed by atoms with E-state index in [0.717, 1.165) is 81.7 Å². The van der Waals surface area contributed by atoms with Gasteiger partial charge in [0.15, 0.2) is 5.76 Å². The first-order valence-corrected chi connectivity index (χ1v) is 23.4. The van der Waals surface area contributed by atoms with Gasteiger partial charge in [-0.3, -0.25) is 19.4 Å². The Balaban J connectivity index is 0.833. The topological polar surface area (TPSA) is 171 Å². The number of nitrogens with zero attached hydrogens (tertiary/aromatic N) is 7. The molecule has 2 unspecified atom stereocenters. The van der Waals surface area contributed by atoms with Crippen molar-refractivity contribution in [2.75, 3.05) is 39.3 Å². The quantitative estimate of drug-likeness (QED) is 0.108. The first-order valence-electron chi connectivity index (χ1n) is 23.4. The molecule has 4 atom stereocenters. The van der Waals surface area contributed by atoms with E-state index in [0.29, 0.717) is 76.6 Å². The molecule has 2 amide bonds. The van der Waals surface area contributed by atoms with E-state index in [1.54, 1.807) is 6.20 Å². The number of imidazole rings is 2. The molecule has 4 aliphatic heterocycles. The molecule has 7 heterocycles. The number of carbonyl (C=O) groups is 2. The maximum Gasteiger partial charge on any atom is 0.245 e. The summed E-state index contributed by atoms with van der Waals surface area (Å²) in [5.74, 6) is 2.69. The van der Waals surface area contributed by atoms with E-state index in [-0.39, 0.29) is 36.1 Å². The van der Waals surface area contributed by atoms with Gasteiger partial charge < -0.3 is 34.4 Å². The number of aliphatic hydroxyl groups is 2. The third kappa shape index (κ3) is 8.02. The highest BCUT2D eigenvalue weighted by atomic mass is 16.4. The average molecular weight is 874 g/mol. The monoisotopic (exact) mass is 873 g/mol. The number of hydrogen-bond donors (Lipinski definition) is 4. The van der Waals surface area contributed by atoms with Crippen LogP contribution >= 0.6 is 0 Å². The number of fused-ring (bicyclic) bond motifs is 2. The predicted octanol–water partition coefficient (Wildman–Crippen LogP) is 7.48. The van der Waals surface area contributed by atoms with Crippen molar-refractivity contribution in [1.82, 2.24) is 44.5 Å². The second kappa shape index (κ2) is 17.7. The van der Waals surface area contributed by atoms with Crippen molar-refractivity contribution in [3.8, 4) is 22.8 Å². The Morgan fingerprint density at radius 3 is 1.75 bits per heavy atom. The number of piperidine rings is 2. The molecule has 14 nitrogen and oxygen atoms in total. The van der Waals surface area contributed by atoms with Gasteiger partial charge in [-0.05, 0) is 92.8 Å². The zero-order valence-electron chi connectivity index (χ0n) is 36.4. The third-order valence-corrected chi connectivity index (χ3v) is 14.2. The smallest absolute Gasteiger partial charge is 0.245 e. The van der Waals surface area contributed by atoms with Crippen LogP contribution in [-0.2, 0) is 9.59 Å². The molecule has 14 heteroatoms. The molecule has 65 heavy (non-hydrogen) atoms. The number of oxazole rings is 1. The molecule has 0 spiro atoms. The maximum absolute atomic E-state index is 14.6. The summed E-state index contributed by atoms with van der Waals surface area (Å²) in [6.45, 7) is 3.98. The lowest BCUT2D eigenvalue weighted by atomic mass is 9.99. The van der Waals surface area contributed by atoms with Crippen LogP contribution in [0.2, 0.25) is 0 Å². The molecule has 7 aromatic rings. The van der Waals surface area contributed by atoms with Crippen molar-refractivity contribution < 1.29 is 24.2 Å². The molecule has 11 rings (SSSR count). The highest BCUT2D eigenvalue weighted by Crippen LogP contribution is 2.40. The summed E-state index contributed by atoms with van der Waals surface area (Å²) in [4.78, 5) is 59.6. The van der Waals surface area contributed by atoms with Gasteiger partial charge in [0.05, 0.1) is 52.6 Å². The molecule has 0 saturated carbocycles. The number of rotatable bonds is 10. The van der Waals surface area contributed by atoms with Crippen LogP contribution in [0.1, 0.15) is 98.3 Å². The number of aliphatic hydroxyl groups excluding tert-OH is 2. The number of aromatic nitrogens is 5. The summed E-state index contributed by atoms with van der Waals surface area (Å²) in [6.07, 6.45) is 7.09. The van der Waals surface area contributed by atoms with Crippen LogP contribution in [0.25, 0.3) is 44.8 Å². The fourth-order valence-electron chi connectivity index (χ4n) is 10.8. The minimum atomic E-state index is -0.428. The number of H-pyrrole nitrogens is 2. The van der Waals surface area contributed by atoms with Crippen molar-refractivity contribution in [3.05, 3.63) is 126 Å². The lowest BCUT2D eigenvalue weighted by molar-refractivity contribution is -0.140. The molecule has 4 fully saturated rings. The van der Waals surface area contributed by atoms with E-state index in [1.807, 2.05) is 107 Å². The molecule has 3 aromatic heterocycles. The Labute approximate surface area is 377 Å². The summed E-state index contributed by atoms with van der Waals surface area (Å²) < 4.78 is 6.49. The number of amides is 2. The molecule has 334 valence electrons. The largest absolute Gasteiger partial charge is 0.436 e. The number of aromatic amines is 2. The van der Waals surface area contributed by atoms with E-state index >= 15 is 0 Å². The molecular formula is C51H55N9O5. The average Bonchev–Trinajstić information content (AvgIpc) is 4.20. The summed E-state index contributed by atoms with van der Waals surface area (Å²) in [5, 5.41) is 20.5. The highest BCUT2D eigenvalue weighted by Gasteiger charge is 2.41. The van der Waals surface area contributed by atoms with Crippen LogP contribution in [0.3, 0.4) is 0 Å².